The second-order valence-electron chi connectivity index (χ2n) is 6.91. The Bertz CT molecular complexity index is 873. The first-order chi connectivity index (χ1) is 13.0. The van der Waals surface area contributed by atoms with Gasteiger partial charge < -0.3 is 15.2 Å². The first-order valence-corrected chi connectivity index (χ1v) is 8.95. The predicted molar refractivity (Wildman–Crippen MR) is 105 cm³/mol. The van der Waals surface area contributed by atoms with Crippen molar-refractivity contribution in [1.29, 1.82) is 0 Å². The highest BCUT2D eigenvalue weighted by Gasteiger charge is 2.16. The van der Waals surface area contributed by atoms with Gasteiger partial charge >= 0.3 is 6.03 Å². The molecule has 0 aliphatic carbocycles. The van der Waals surface area contributed by atoms with Gasteiger partial charge in [0.1, 0.15) is 6.33 Å². The first-order valence-electron chi connectivity index (χ1n) is 8.95. The lowest BCUT2D eigenvalue weighted by Crippen LogP contribution is -2.33. The van der Waals surface area contributed by atoms with Crippen molar-refractivity contribution in [3.8, 4) is 11.4 Å². The number of hydrogen-bond donors (Lipinski definition) is 2. The van der Waals surface area contributed by atoms with E-state index in [0.717, 1.165) is 23.4 Å². The van der Waals surface area contributed by atoms with Crippen LogP contribution < -0.4 is 10.6 Å². The van der Waals surface area contributed by atoms with Crippen LogP contribution >= 0.6 is 0 Å². The summed E-state index contributed by atoms with van der Waals surface area (Å²) < 4.78 is 1.85. The van der Waals surface area contributed by atoms with Crippen molar-refractivity contribution < 1.29 is 4.79 Å². The number of amides is 2. The van der Waals surface area contributed by atoms with Crippen LogP contribution in [0.3, 0.4) is 0 Å². The highest BCUT2D eigenvalue weighted by molar-refractivity contribution is 5.89. The van der Waals surface area contributed by atoms with E-state index in [1.54, 1.807) is 18.7 Å². The maximum absolute atomic E-state index is 12.5. The number of urea groups is 1. The molecular formula is C20H24N6O. The van der Waals surface area contributed by atoms with Crippen LogP contribution in [-0.4, -0.2) is 25.8 Å². The monoisotopic (exact) mass is 364 g/mol. The molecule has 0 radical (unpaired) electrons. The molecule has 0 saturated carbocycles. The molecule has 1 atom stereocenters. The van der Waals surface area contributed by atoms with E-state index in [0.29, 0.717) is 11.6 Å². The lowest BCUT2D eigenvalue weighted by Gasteiger charge is -2.21. The lowest BCUT2D eigenvalue weighted by molar-refractivity contribution is 0.246. The van der Waals surface area contributed by atoms with E-state index in [1.165, 1.54) is 0 Å². The zero-order valence-electron chi connectivity index (χ0n) is 15.8. The molecule has 0 spiro atoms. The van der Waals surface area contributed by atoms with Crippen LogP contribution in [0.4, 0.5) is 10.5 Å². The molecule has 2 heterocycles. The Morgan fingerprint density at radius 2 is 1.96 bits per heavy atom. The lowest BCUT2D eigenvalue weighted by atomic mass is 9.98. The Morgan fingerprint density at radius 1 is 1.19 bits per heavy atom. The van der Waals surface area contributed by atoms with Crippen molar-refractivity contribution in [1.82, 2.24) is 25.1 Å². The first kappa shape index (κ1) is 18.6. The van der Waals surface area contributed by atoms with Crippen LogP contribution in [0.25, 0.3) is 11.4 Å². The Morgan fingerprint density at radius 3 is 2.56 bits per heavy atom. The van der Waals surface area contributed by atoms with E-state index in [2.05, 4.69) is 39.7 Å². The molecule has 2 amide bonds. The van der Waals surface area contributed by atoms with Gasteiger partial charge in [0.15, 0.2) is 5.82 Å². The number of carbonyl (C=O) groups excluding carboxylic acids is 1. The predicted octanol–water partition coefficient (Wildman–Crippen LogP) is 3.79. The van der Waals surface area contributed by atoms with Crippen molar-refractivity contribution in [2.45, 2.75) is 26.3 Å². The number of hydrogen-bond acceptors (Lipinski definition) is 4. The zero-order chi connectivity index (χ0) is 19.2. The third kappa shape index (κ3) is 4.91. The Balaban J connectivity index is 1.66. The summed E-state index contributed by atoms with van der Waals surface area (Å²) in [7, 11) is 1.89. The van der Waals surface area contributed by atoms with E-state index in [1.807, 2.05) is 48.0 Å². The molecule has 27 heavy (non-hydrogen) atoms. The molecule has 0 aliphatic heterocycles. The van der Waals surface area contributed by atoms with Gasteiger partial charge in [-0.1, -0.05) is 19.9 Å². The normalized spacial score (nSPS) is 12.0. The Labute approximate surface area is 158 Å². The summed E-state index contributed by atoms with van der Waals surface area (Å²) in [6, 6.07) is 11.1. The van der Waals surface area contributed by atoms with Crippen LogP contribution in [0.1, 0.15) is 31.9 Å². The SMILES string of the molecule is CC(C)C[C@H](NC(=O)Nc1ccc(-c2nncn2C)cc1)c1cccnc1. The summed E-state index contributed by atoms with van der Waals surface area (Å²) >= 11 is 0. The van der Waals surface area contributed by atoms with Crippen molar-refractivity contribution >= 4 is 11.7 Å². The molecular weight excluding hydrogens is 340 g/mol. The van der Waals surface area contributed by atoms with E-state index in [4.69, 9.17) is 0 Å². The van der Waals surface area contributed by atoms with Gasteiger partial charge in [-0.25, -0.2) is 4.79 Å². The largest absolute Gasteiger partial charge is 0.331 e. The molecule has 3 aromatic rings. The van der Waals surface area contributed by atoms with Crippen molar-refractivity contribution in [3.63, 3.8) is 0 Å². The number of anilines is 1. The molecule has 3 rings (SSSR count). The number of nitrogens with zero attached hydrogens (tertiary/aromatic N) is 4. The molecule has 7 heteroatoms. The summed E-state index contributed by atoms with van der Waals surface area (Å²) in [5.74, 6) is 1.22. The number of benzene rings is 1. The zero-order valence-corrected chi connectivity index (χ0v) is 15.8. The smallest absolute Gasteiger partial charge is 0.319 e. The average Bonchev–Trinajstić information content (AvgIpc) is 3.08. The highest BCUT2D eigenvalue weighted by atomic mass is 16.2. The molecule has 140 valence electrons. The van der Waals surface area contributed by atoms with Gasteiger partial charge in [0, 0.05) is 30.7 Å². The fourth-order valence-electron chi connectivity index (χ4n) is 2.90. The Hall–Kier alpha value is -3.22. The number of rotatable bonds is 6. The summed E-state index contributed by atoms with van der Waals surface area (Å²) in [6.07, 6.45) is 6.02. The van der Waals surface area contributed by atoms with Gasteiger partial charge in [-0.3, -0.25) is 4.98 Å². The minimum atomic E-state index is -0.240. The van der Waals surface area contributed by atoms with Crippen LogP contribution in [0.15, 0.2) is 55.1 Å². The second kappa shape index (κ2) is 8.44. The standard InChI is InChI=1S/C20H24N6O/c1-14(2)11-18(16-5-4-10-21-12-16)24-20(27)23-17-8-6-15(7-9-17)19-25-22-13-26(19)3/h4-10,12-14,18H,11H2,1-3H3,(H2,23,24,27)/t18-/m0/s1. The van der Waals surface area contributed by atoms with Crippen LogP contribution in [0.2, 0.25) is 0 Å². The van der Waals surface area contributed by atoms with Crippen molar-refractivity contribution in [2.24, 2.45) is 13.0 Å². The quantitative estimate of drug-likeness (QED) is 0.697. The molecule has 0 unspecified atom stereocenters. The highest BCUT2D eigenvalue weighted by Crippen LogP contribution is 2.21. The maximum atomic E-state index is 12.5. The second-order valence-corrected chi connectivity index (χ2v) is 6.91. The van der Waals surface area contributed by atoms with Crippen molar-refractivity contribution in [2.75, 3.05) is 5.32 Å². The van der Waals surface area contributed by atoms with E-state index >= 15 is 0 Å². The van der Waals surface area contributed by atoms with Gasteiger partial charge in [0.2, 0.25) is 0 Å². The molecule has 7 nitrogen and oxygen atoms in total. The summed E-state index contributed by atoms with van der Waals surface area (Å²) in [5.41, 5.74) is 2.65. The van der Waals surface area contributed by atoms with Crippen LogP contribution in [0.5, 0.6) is 0 Å². The van der Waals surface area contributed by atoms with E-state index in [-0.39, 0.29) is 12.1 Å². The molecule has 0 bridgehead atoms. The van der Waals surface area contributed by atoms with Gasteiger partial charge in [-0.15, -0.1) is 10.2 Å². The molecule has 0 aliphatic rings. The van der Waals surface area contributed by atoms with Gasteiger partial charge in [-0.2, -0.15) is 0 Å². The summed E-state index contributed by atoms with van der Waals surface area (Å²) in [5, 5.41) is 13.9. The maximum Gasteiger partial charge on any atom is 0.319 e. The van der Waals surface area contributed by atoms with Gasteiger partial charge in [0.25, 0.3) is 0 Å². The summed E-state index contributed by atoms with van der Waals surface area (Å²) in [4.78, 5) is 16.6. The van der Waals surface area contributed by atoms with Crippen molar-refractivity contribution in [3.05, 3.63) is 60.7 Å². The van der Waals surface area contributed by atoms with Gasteiger partial charge in [0.05, 0.1) is 6.04 Å². The third-order valence-electron chi connectivity index (χ3n) is 4.21. The fraction of sp³-hybridized carbons (Fsp3) is 0.300. The molecule has 2 N–H and O–H groups in total. The molecule has 0 fully saturated rings. The Kier molecular flexibility index (Phi) is 5.80. The number of aryl methyl sites for hydroxylation is 1. The van der Waals surface area contributed by atoms with E-state index < -0.39 is 0 Å². The van der Waals surface area contributed by atoms with Crippen LogP contribution in [0, 0.1) is 5.92 Å². The number of nitrogens with one attached hydrogen (secondary N) is 2. The minimum absolute atomic E-state index is 0.0865. The van der Waals surface area contributed by atoms with Crippen LogP contribution in [-0.2, 0) is 7.05 Å². The summed E-state index contributed by atoms with van der Waals surface area (Å²) in [6.45, 7) is 4.27. The number of pyridine rings is 1. The average molecular weight is 364 g/mol. The number of carbonyl (C=O) groups is 1. The van der Waals surface area contributed by atoms with E-state index in [9.17, 15) is 4.79 Å². The molecule has 2 aromatic heterocycles. The fourth-order valence-corrected chi connectivity index (χ4v) is 2.90. The third-order valence-corrected chi connectivity index (χ3v) is 4.21. The number of aromatic nitrogens is 4. The molecule has 1 aromatic carbocycles. The van der Waals surface area contributed by atoms with Gasteiger partial charge in [-0.05, 0) is 48.2 Å². The minimum Gasteiger partial charge on any atom is -0.331 e. The topological polar surface area (TPSA) is 84.7 Å². The molecule has 0 saturated heterocycles.